The minimum atomic E-state index is 0.808. The summed E-state index contributed by atoms with van der Waals surface area (Å²) in [4.78, 5) is 0. The van der Waals surface area contributed by atoms with Crippen molar-refractivity contribution in [2.45, 2.75) is 26.3 Å². The second-order valence-electron chi connectivity index (χ2n) is 4.05. The average molecular weight is 247 g/mol. The highest BCUT2D eigenvalue weighted by Crippen LogP contribution is 2.14. The van der Waals surface area contributed by atoms with Gasteiger partial charge in [-0.2, -0.15) is 0 Å². The molecule has 90 valence electrons. The highest BCUT2D eigenvalue weighted by molar-refractivity contribution is 7.11. The SMILES string of the molecule is CNCc1nnc(CCc2ccccc2C)s1. The van der Waals surface area contributed by atoms with E-state index >= 15 is 0 Å². The van der Waals surface area contributed by atoms with E-state index in [0.29, 0.717) is 0 Å². The van der Waals surface area contributed by atoms with E-state index in [2.05, 4.69) is 46.7 Å². The van der Waals surface area contributed by atoms with Gasteiger partial charge in [-0.25, -0.2) is 0 Å². The summed E-state index contributed by atoms with van der Waals surface area (Å²) in [5.74, 6) is 0. The topological polar surface area (TPSA) is 37.8 Å². The average Bonchev–Trinajstić information content (AvgIpc) is 2.76. The lowest BCUT2D eigenvalue weighted by Gasteiger charge is -2.02. The maximum Gasteiger partial charge on any atom is 0.131 e. The highest BCUT2D eigenvalue weighted by Gasteiger charge is 2.04. The third kappa shape index (κ3) is 3.35. The van der Waals surface area contributed by atoms with Crippen LogP contribution < -0.4 is 5.32 Å². The van der Waals surface area contributed by atoms with Crippen molar-refractivity contribution >= 4 is 11.3 Å². The van der Waals surface area contributed by atoms with Crippen molar-refractivity contribution < 1.29 is 0 Å². The summed E-state index contributed by atoms with van der Waals surface area (Å²) in [5.41, 5.74) is 2.75. The monoisotopic (exact) mass is 247 g/mol. The van der Waals surface area contributed by atoms with E-state index in [-0.39, 0.29) is 0 Å². The lowest BCUT2D eigenvalue weighted by molar-refractivity contribution is 0.788. The van der Waals surface area contributed by atoms with Crippen LogP contribution in [0.3, 0.4) is 0 Å². The summed E-state index contributed by atoms with van der Waals surface area (Å²) in [6.07, 6.45) is 2.02. The fourth-order valence-electron chi connectivity index (χ4n) is 1.74. The first-order valence-corrected chi connectivity index (χ1v) is 6.61. The normalized spacial score (nSPS) is 10.7. The Morgan fingerprint density at radius 2 is 1.88 bits per heavy atom. The van der Waals surface area contributed by atoms with Crippen LogP contribution in [0.25, 0.3) is 0 Å². The van der Waals surface area contributed by atoms with Gasteiger partial charge in [0.1, 0.15) is 10.0 Å². The third-order valence-electron chi connectivity index (χ3n) is 2.71. The molecule has 0 aliphatic carbocycles. The maximum absolute atomic E-state index is 4.21. The molecule has 0 unspecified atom stereocenters. The summed E-state index contributed by atoms with van der Waals surface area (Å²) in [5, 5.41) is 13.6. The first kappa shape index (κ1) is 12.2. The first-order valence-electron chi connectivity index (χ1n) is 5.80. The Kier molecular flexibility index (Phi) is 4.23. The number of hydrogen-bond donors (Lipinski definition) is 1. The van der Waals surface area contributed by atoms with Crippen LogP contribution in [0.15, 0.2) is 24.3 Å². The third-order valence-corrected chi connectivity index (χ3v) is 3.69. The molecule has 1 aromatic carbocycles. The van der Waals surface area contributed by atoms with Crippen molar-refractivity contribution in [3.63, 3.8) is 0 Å². The molecule has 0 bridgehead atoms. The molecule has 2 aromatic rings. The molecule has 1 N–H and O–H groups in total. The van der Waals surface area contributed by atoms with Gasteiger partial charge in [-0.1, -0.05) is 24.3 Å². The molecular weight excluding hydrogens is 230 g/mol. The predicted octanol–water partition coefficient (Wildman–Crippen LogP) is 2.35. The molecule has 0 amide bonds. The van der Waals surface area contributed by atoms with Gasteiger partial charge in [0.2, 0.25) is 0 Å². The molecule has 3 nitrogen and oxygen atoms in total. The number of nitrogens with zero attached hydrogens (tertiary/aromatic N) is 2. The highest BCUT2D eigenvalue weighted by atomic mass is 32.1. The molecule has 0 aliphatic rings. The summed E-state index contributed by atoms with van der Waals surface area (Å²) in [6.45, 7) is 2.96. The Hall–Kier alpha value is -1.26. The maximum atomic E-state index is 4.21. The van der Waals surface area contributed by atoms with Crippen molar-refractivity contribution in [1.29, 1.82) is 0 Å². The zero-order valence-corrected chi connectivity index (χ0v) is 11.0. The van der Waals surface area contributed by atoms with Gasteiger partial charge in [0.25, 0.3) is 0 Å². The molecule has 0 aliphatic heterocycles. The van der Waals surface area contributed by atoms with Gasteiger partial charge in [0.05, 0.1) is 0 Å². The van der Waals surface area contributed by atoms with Gasteiger partial charge in [0.15, 0.2) is 0 Å². The van der Waals surface area contributed by atoms with Gasteiger partial charge in [-0.3, -0.25) is 0 Å². The van der Waals surface area contributed by atoms with Crippen LogP contribution in [-0.2, 0) is 19.4 Å². The Labute approximate surface area is 106 Å². The second kappa shape index (κ2) is 5.89. The van der Waals surface area contributed by atoms with Crippen LogP contribution in [0.4, 0.5) is 0 Å². The number of aromatic nitrogens is 2. The molecule has 17 heavy (non-hydrogen) atoms. The molecule has 0 saturated carbocycles. The van der Waals surface area contributed by atoms with Crippen LogP contribution in [-0.4, -0.2) is 17.2 Å². The van der Waals surface area contributed by atoms with Crippen LogP contribution in [0.5, 0.6) is 0 Å². The summed E-state index contributed by atoms with van der Waals surface area (Å²) in [7, 11) is 1.93. The number of rotatable bonds is 5. The van der Waals surface area contributed by atoms with Crippen LogP contribution in [0.2, 0.25) is 0 Å². The van der Waals surface area contributed by atoms with Gasteiger partial charge >= 0.3 is 0 Å². The lowest BCUT2D eigenvalue weighted by Crippen LogP contribution is -2.04. The van der Waals surface area contributed by atoms with Crippen molar-refractivity contribution in [3.8, 4) is 0 Å². The molecule has 0 radical (unpaired) electrons. The van der Waals surface area contributed by atoms with Crippen molar-refractivity contribution in [2.24, 2.45) is 0 Å². The van der Waals surface area contributed by atoms with E-state index in [1.165, 1.54) is 11.1 Å². The number of aryl methyl sites for hydroxylation is 3. The number of hydrogen-bond acceptors (Lipinski definition) is 4. The largest absolute Gasteiger partial charge is 0.313 e. The Morgan fingerprint density at radius 1 is 1.12 bits per heavy atom. The Balaban J connectivity index is 1.95. The van der Waals surface area contributed by atoms with E-state index in [9.17, 15) is 0 Å². The van der Waals surface area contributed by atoms with Gasteiger partial charge in [0, 0.05) is 13.0 Å². The number of benzene rings is 1. The first-order chi connectivity index (χ1) is 8.29. The van der Waals surface area contributed by atoms with E-state index < -0.39 is 0 Å². The minimum absolute atomic E-state index is 0.808. The quantitative estimate of drug-likeness (QED) is 0.881. The summed E-state index contributed by atoms with van der Waals surface area (Å²) < 4.78 is 0. The standard InChI is InChI=1S/C13H17N3S/c1-10-5-3-4-6-11(10)7-8-12-15-16-13(17-12)9-14-2/h3-6,14H,7-9H2,1-2H3. The summed E-state index contributed by atoms with van der Waals surface area (Å²) >= 11 is 1.70. The van der Waals surface area contributed by atoms with Crippen LogP contribution in [0.1, 0.15) is 21.1 Å². The molecule has 0 fully saturated rings. The zero-order chi connectivity index (χ0) is 12.1. The van der Waals surface area contributed by atoms with E-state index in [0.717, 1.165) is 29.4 Å². The Morgan fingerprint density at radius 3 is 2.65 bits per heavy atom. The molecule has 2 rings (SSSR count). The van der Waals surface area contributed by atoms with E-state index in [4.69, 9.17) is 0 Å². The van der Waals surface area contributed by atoms with Gasteiger partial charge in [-0.15, -0.1) is 21.5 Å². The Bertz CT molecular complexity index is 479. The van der Waals surface area contributed by atoms with Crippen LogP contribution in [0, 0.1) is 6.92 Å². The molecule has 0 atom stereocenters. The second-order valence-corrected chi connectivity index (χ2v) is 5.19. The summed E-state index contributed by atoms with van der Waals surface area (Å²) in [6, 6.07) is 8.51. The van der Waals surface area contributed by atoms with Crippen molar-refractivity contribution in [3.05, 3.63) is 45.4 Å². The lowest BCUT2D eigenvalue weighted by atomic mass is 10.0. The van der Waals surface area contributed by atoms with Gasteiger partial charge in [-0.05, 0) is 31.5 Å². The number of nitrogens with one attached hydrogen (secondary N) is 1. The van der Waals surface area contributed by atoms with E-state index in [1.54, 1.807) is 11.3 Å². The minimum Gasteiger partial charge on any atom is -0.313 e. The predicted molar refractivity (Wildman–Crippen MR) is 71.3 cm³/mol. The fourth-order valence-corrected chi connectivity index (χ4v) is 2.60. The fraction of sp³-hybridized carbons (Fsp3) is 0.385. The smallest absolute Gasteiger partial charge is 0.131 e. The molecule has 1 heterocycles. The molecule has 1 aromatic heterocycles. The van der Waals surface area contributed by atoms with Crippen molar-refractivity contribution in [1.82, 2.24) is 15.5 Å². The van der Waals surface area contributed by atoms with E-state index in [1.807, 2.05) is 7.05 Å². The van der Waals surface area contributed by atoms with Crippen LogP contribution >= 0.6 is 11.3 Å². The molecule has 0 saturated heterocycles. The molecule has 4 heteroatoms. The van der Waals surface area contributed by atoms with Gasteiger partial charge < -0.3 is 5.32 Å². The molecule has 0 spiro atoms. The zero-order valence-electron chi connectivity index (χ0n) is 10.2. The molecular formula is C13H17N3S. The van der Waals surface area contributed by atoms with Crippen molar-refractivity contribution in [2.75, 3.05) is 7.05 Å².